The summed E-state index contributed by atoms with van der Waals surface area (Å²) in [6.45, 7) is 3.55. The van der Waals surface area contributed by atoms with E-state index < -0.39 is 0 Å². The Morgan fingerprint density at radius 1 is 1.47 bits per heavy atom. The molecule has 0 saturated carbocycles. The third-order valence-electron chi connectivity index (χ3n) is 3.41. The van der Waals surface area contributed by atoms with Crippen LogP contribution in [0.2, 0.25) is 0 Å². The van der Waals surface area contributed by atoms with Crippen molar-refractivity contribution in [3.63, 3.8) is 0 Å². The Bertz CT molecular complexity index is 579. The molecule has 1 aliphatic heterocycles. The largest absolute Gasteiger partial charge is 0.494 e. The number of nitrogens with zero attached hydrogens (tertiary/aromatic N) is 2. The molecule has 2 aromatic rings. The Labute approximate surface area is 112 Å². The summed E-state index contributed by atoms with van der Waals surface area (Å²) in [5, 5.41) is 7.69. The molecule has 100 valence electrons. The fourth-order valence-corrected chi connectivity index (χ4v) is 2.57. The van der Waals surface area contributed by atoms with Gasteiger partial charge in [-0.05, 0) is 19.4 Å². The highest BCUT2D eigenvalue weighted by Crippen LogP contribution is 2.36. The van der Waals surface area contributed by atoms with Crippen molar-refractivity contribution in [2.45, 2.75) is 19.4 Å². The maximum absolute atomic E-state index is 5.92. The first-order chi connectivity index (χ1) is 9.31. The summed E-state index contributed by atoms with van der Waals surface area (Å²) in [6, 6.07) is 8.31. The lowest BCUT2D eigenvalue weighted by atomic mass is 10.0. The van der Waals surface area contributed by atoms with Gasteiger partial charge in [-0.3, -0.25) is 0 Å². The molecule has 5 heteroatoms. The standard InChI is InChI=1S/C14H18N4O/c1-2-19-13-6-4-3-5-10(13)12-7-8-16-14-11(15)9-17-18(12)14/h3-6,9,12,16H,2,7-8,15H2,1H3. The fourth-order valence-electron chi connectivity index (χ4n) is 2.57. The highest BCUT2D eigenvalue weighted by atomic mass is 16.5. The van der Waals surface area contributed by atoms with Crippen LogP contribution < -0.4 is 15.8 Å². The molecule has 1 aromatic carbocycles. The van der Waals surface area contributed by atoms with Crippen LogP contribution in [0.25, 0.3) is 0 Å². The molecule has 3 rings (SSSR count). The number of rotatable bonds is 3. The monoisotopic (exact) mass is 258 g/mol. The van der Waals surface area contributed by atoms with E-state index in [-0.39, 0.29) is 6.04 Å². The Balaban J connectivity index is 2.04. The third-order valence-corrected chi connectivity index (χ3v) is 3.41. The van der Waals surface area contributed by atoms with Gasteiger partial charge >= 0.3 is 0 Å². The second-order valence-electron chi connectivity index (χ2n) is 4.60. The van der Waals surface area contributed by atoms with Gasteiger partial charge in [-0.1, -0.05) is 18.2 Å². The summed E-state index contributed by atoms with van der Waals surface area (Å²) in [7, 11) is 0. The van der Waals surface area contributed by atoms with Crippen LogP contribution in [0, 0.1) is 0 Å². The molecular weight excluding hydrogens is 240 g/mol. The highest BCUT2D eigenvalue weighted by Gasteiger charge is 2.25. The van der Waals surface area contributed by atoms with Crippen LogP contribution in [0.1, 0.15) is 24.9 Å². The van der Waals surface area contributed by atoms with Gasteiger partial charge < -0.3 is 15.8 Å². The van der Waals surface area contributed by atoms with Gasteiger partial charge in [0.2, 0.25) is 0 Å². The zero-order chi connectivity index (χ0) is 13.2. The molecule has 2 heterocycles. The van der Waals surface area contributed by atoms with Crippen molar-refractivity contribution in [1.29, 1.82) is 0 Å². The molecule has 1 atom stereocenters. The molecule has 0 spiro atoms. The van der Waals surface area contributed by atoms with E-state index in [1.807, 2.05) is 29.8 Å². The van der Waals surface area contributed by atoms with Gasteiger partial charge in [-0.15, -0.1) is 0 Å². The minimum atomic E-state index is 0.177. The van der Waals surface area contributed by atoms with E-state index in [0.717, 1.165) is 30.1 Å². The first-order valence-corrected chi connectivity index (χ1v) is 6.60. The summed E-state index contributed by atoms with van der Waals surface area (Å²) < 4.78 is 7.67. The second-order valence-corrected chi connectivity index (χ2v) is 4.60. The highest BCUT2D eigenvalue weighted by molar-refractivity contribution is 5.62. The van der Waals surface area contributed by atoms with Gasteiger partial charge in [0.25, 0.3) is 0 Å². The third kappa shape index (κ3) is 2.01. The second kappa shape index (κ2) is 4.84. The molecule has 0 radical (unpaired) electrons. The summed E-state index contributed by atoms with van der Waals surface area (Å²) in [5.74, 6) is 1.83. The number of nitrogens with one attached hydrogen (secondary N) is 1. The van der Waals surface area contributed by atoms with E-state index in [1.165, 1.54) is 0 Å². The number of hydrogen-bond donors (Lipinski definition) is 2. The quantitative estimate of drug-likeness (QED) is 0.886. The van der Waals surface area contributed by atoms with Crippen molar-refractivity contribution in [3.8, 4) is 5.75 Å². The lowest BCUT2D eigenvalue weighted by Gasteiger charge is -2.27. The number of aromatic nitrogens is 2. The topological polar surface area (TPSA) is 65.1 Å². The van der Waals surface area contributed by atoms with Crippen LogP contribution in [-0.2, 0) is 0 Å². The molecule has 3 N–H and O–H groups in total. The SMILES string of the molecule is CCOc1ccccc1C1CCNc2c(N)cnn21. The number of para-hydroxylation sites is 1. The molecular formula is C14H18N4O. The van der Waals surface area contributed by atoms with E-state index in [4.69, 9.17) is 10.5 Å². The fraction of sp³-hybridized carbons (Fsp3) is 0.357. The summed E-state index contributed by atoms with van der Waals surface area (Å²) in [6.07, 6.45) is 2.67. The molecule has 0 amide bonds. The number of hydrogen-bond acceptors (Lipinski definition) is 4. The molecule has 5 nitrogen and oxygen atoms in total. The summed E-state index contributed by atoms with van der Waals surface area (Å²) >= 11 is 0. The molecule has 1 unspecified atom stereocenters. The van der Waals surface area contributed by atoms with Gasteiger partial charge in [0.05, 0.1) is 24.5 Å². The zero-order valence-electron chi connectivity index (χ0n) is 11.0. The Hall–Kier alpha value is -2.17. The van der Waals surface area contributed by atoms with Crippen molar-refractivity contribution < 1.29 is 4.74 Å². The van der Waals surface area contributed by atoms with Gasteiger partial charge in [0.1, 0.15) is 11.6 Å². The number of nitrogen functional groups attached to an aromatic ring is 1. The smallest absolute Gasteiger partial charge is 0.148 e. The molecule has 0 aliphatic carbocycles. The van der Waals surface area contributed by atoms with Gasteiger partial charge in [-0.25, -0.2) is 4.68 Å². The van der Waals surface area contributed by atoms with Crippen LogP contribution in [0.3, 0.4) is 0 Å². The summed E-state index contributed by atoms with van der Waals surface area (Å²) in [5.41, 5.74) is 7.78. The molecule has 0 saturated heterocycles. The van der Waals surface area contributed by atoms with Crippen molar-refractivity contribution in [2.24, 2.45) is 0 Å². The minimum Gasteiger partial charge on any atom is -0.494 e. The lowest BCUT2D eigenvalue weighted by Crippen LogP contribution is -2.25. The molecule has 0 fully saturated rings. The minimum absolute atomic E-state index is 0.177. The number of anilines is 2. The average Bonchev–Trinajstić information content (AvgIpc) is 2.82. The molecule has 19 heavy (non-hydrogen) atoms. The van der Waals surface area contributed by atoms with Crippen molar-refractivity contribution in [1.82, 2.24) is 9.78 Å². The normalized spacial score (nSPS) is 17.6. The van der Waals surface area contributed by atoms with E-state index in [1.54, 1.807) is 6.20 Å². The number of benzene rings is 1. The first-order valence-electron chi connectivity index (χ1n) is 6.60. The van der Waals surface area contributed by atoms with Crippen LogP contribution in [-0.4, -0.2) is 22.9 Å². The van der Waals surface area contributed by atoms with Gasteiger partial charge in [-0.2, -0.15) is 5.10 Å². The van der Waals surface area contributed by atoms with Crippen LogP contribution in [0.15, 0.2) is 30.5 Å². The van der Waals surface area contributed by atoms with Crippen LogP contribution in [0.5, 0.6) is 5.75 Å². The van der Waals surface area contributed by atoms with E-state index >= 15 is 0 Å². The van der Waals surface area contributed by atoms with E-state index in [9.17, 15) is 0 Å². The average molecular weight is 258 g/mol. The van der Waals surface area contributed by atoms with E-state index in [0.29, 0.717) is 12.3 Å². The molecule has 1 aromatic heterocycles. The maximum atomic E-state index is 5.92. The maximum Gasteiger partial charge on any atom is 0.148 e. The molecule has 0 bridgehead atoms. The van der Waals surface area contributed by atoms with Crippen LogP contribution in [0.4, 0.5) is 11.5 Å². The number of fused-ring (bicyclic) bond motifs is 1. The number of nitrogens with two attached hydrogens (primary N) is 1. The van der Waals surface area contributed by atoms with Crippen molar-refractivity contribution in [2.75, 3.05) is 24.2 Å². The van der Waals surface area contributed by atoms with Gasteiger partial charge in [0, 0.05) is 12.1 Å². The Morgan fingerprint density at radius 3 is 3.16 bits per heavy atom. The Morgan fingerprint density at radius 2 is 2.32 bits per heavy atom. The Kier molecular flexibility index (Phi) is 3.03. The van der Waals surface area contributed by atoms with Crippen molar-refractivity contribution >= 4 is 11.5 Å². The molecule has 1 aliphatic rings. The predicted molar refractivity (Wildman–Crippen MR) is 75.5 cm³/mol. The zero-order valence-corrected chi connectivity index (χ0v) is 11.0. The van der Waals surface area contributed by atoms with Crippen molar-refractivity contribution in [3.05, 3.63) is 36.0 Å². The first kappa shape index (κ1) is 11.9. The summed E-state index contributed by atoms with van der Waals surface area (Å²) in [4.78, 5) is 0. The number of ether oxygens (including phenoxy) is 1. The van der Waals surface area contributed by atoms with Gasteiger partial charge in [0.15, 0.2) is 0 Å². The van der Waals surface area contributed by atoms with E-state index in [2.05, 4.69) is 16.5 Å². The van der Waals surface area contributed by atoms with Crippen LogP contribution >= 0.6 is 0 Å². The lowest BCUT2D eigenvalue weighted by molar-refractivity contribution is 0.328. The predicted octanol–water partition coefficient (Wildman–Crippen LogP) is 2.27.